The SMILES string of the molecule is CCOc1cc2c(cc1CNCc1c(C)nn(C)c1C)O[C@H](C)C2. The molecule has 0 unspecified atom stereocenters. The van der Waals surface area contributed by atoms with E-state index in [4.69, 9.17) is 9.47 Å². The van der Waals surface area contributed by atoms with E-state index in [9.17, 15) is 0 Å². The molecule has 1 aromatic heterocycles. The second-order valence-electron chi connectivity index (χ2n) is 6.51. The van der Waals surface area contributed by atoms with Gasteiger partial charge in [0.1, 0.15) is 17.6 Å². The molecule has 2 aromatic rings. The summed E-state index contributed by atoms with van der Waals surface area (Å²) in [5.74, 6) is 1.96. The second-order valence-corrected chi connectivity index (χ2v) is 6.51. The maximum atomic E-state index is 5.89. The maximum absolute atomic E-state index is 5.89. The summed E-state index contributed by atoms with van der Waals surface area (Å²) in [4.78, 5) is 0. The topological polar surface area (TPSA) is 48.3 Å². The van der Waals surface area contributed by atoms with Crippen LogP contribution in [0.1, 0.15) is 41.9 Å². The van der Waals surface area contributed by atoms with Crippen LogP contribution in [-0.2, 0) is 26.6 Å². The fraction of sp³-hybridized carbons (Fsp3) is 0.526. The summed E-state index contributed by atoms with van der Waals surface area (Å²) in [6.45, 7) is 10.5. The monoisotopic (exact) mass is 329 g/mol. The lowest BCUT2D eigenvalue weighted by Crippen LogP contribution is -2.15. The van der Waals surface area contributed by atoms with Crippen molar-refractivity contribution in [2.45, 2.75) is 53.3 Å². The van der Waals surface area contributed by atoms with Crippen molar-refractivity contribution in [3.63, 3.8) is 0 Å². The average Bonchev–Trinajstić information content (AvgIpc) is 3.00. The Morgan fingerprint density at radius 1 is 1.33 bits per heavy atom. The lowest BCUT2D eigenvalue weighted by molar-refractivity contribution is 0.254. The van der Waals surface area contributed by atoms with Crippen molar-refractivity contribution in [1.29, 1.82) is 0 Å². The van der Waals surface area contributed by atoms with Crippen LogP contribution in [0.4, 0.5) is 0 Å². The molecule has 24 heavy (non-hydrogen) atoms. The molecule has 2 heterocycles. The van der Waals surface area contributed by atoms with Gasteiger partial charge in [0.2, 0.25) is 0 Å². The van der Waals surface area contributed by atoms with Crippen LogP contribution in [0.3, 0.4) is 0 Å². The number of aromatic nitrogens is 2. The number of rotatable bonds is 6. The highest BCUT2D eigenvalue weighted by Crippen LogP contribution is 2.35. The van der Waals surface area contributed by atoms with Crippen molar-refractivity contribution >= 4 is 0 Å². The molecule has 0 fully saturated rings. The summed E-state index contributed by atoms with van der Waals surface area (Å²) in [5.41, 5.74) is 5.94. The Kier molecular flexibility index (Phi) is 4.81. The molecule has 0 saturated carbocycles. The molecule has 3 rings (SSSR count). The van der Waals surface area contributed by atoms with E-state index in [2.05, 4.69) is 43.3 Å². The normalized spacial score (nSPS) is 16.1. The molecule has 1 aromatic carbocycles. The summed E-state index contributed by atoms with van der Waals surface area (Å²) in [7, 11) is 1.98. The molecule has 1 aliphatic rings. The van der Waals surface area contributed by atoms with E-state index in [-0.39, 0.29) is 6.10 Å². The van der Waals surface area contributed by atoms with Crippen molar-refractivity contribution in [2.75, 3.05) is 6.61 Å². The van der Waals surface area contributed by atoms with Gasteiger partial charge in [-0.25, -0.2) is 0 Å². The smallest absolute Gasteiger partial charge is 0.124 e. The van der Waals surface area contributed by atoms with Gasteiger partial charge >= 0.3 is 0 Å². The minimum absolute atomic E-state index is 0.248. The van der Waals surface area contributed by atoms with Gasteiger partial charge in [0, 0.05) is 48.9 Å². The zero-order valence-electron chi connectivity index (χ0n) is 15.3. The van der Waals surface area contributed by atoms with Crippen LogP contribution < -0.4 is 14.8 Å². The maximum Gasteiger partial charge on any atom is 0.124 e. The molecule has 0 aliphatic carbocycles. The van der Waals surface area contributed by atoms with Gasteiger partial charge in [0.05, 0.1) is 12.3 Å². The van der Waals surface area contributed by atoms with Gasteiger partial charge in [-0.3, -0.25) is 4.68 Å². The third kappa shape index (κ3) is 3.26. The number of fused-ring (bicyclic) bond motifs is 1. The van der Waals surface area contributed by atoms with Crippen molar-refractivity contribution in [3.05, 3.63) is 40.2 Å². The molecule has 0 spiro atoms. The number of benzene rings is 1. The summed E-state index contributed by atoms with van der Waals surface area (Å²) in [6.07, 6.45) is 1.20. The highest BCUT2D eigenvalue weighted by atomic mass is 16.5. The Morgan fingerprint density at radius 3 is 2.79 bits per heavy atom. The first-order valence-corrected chi connectivity index (χ1v) is 8.64. The Hall–Kier alpha value is -2.01. The minimum atomic E-state index is 0.248. The van der Waals surface area contributed by atoms with E-state index in [1.54, 1.807) is 0 Å². The molecular formula is C19H27N3O2. The first-order chi connectivity index (χ1) is 11.5. The predicted molar refractivity (Wildman–Crippen MR) is 94.6 cm³/mol. The van der Waals surface area contributed by atoms with E-state index < -0.39 is 0 Å². The summed E-state index contributed by atoms with van der Waals surface area (Å²) in [5, 5.41) is 8.00. The van der Waals surface area contributed by atoms with Crippen LogP contribution in [0.2, 0.25) is 0 Å². The highest BCUT2D eigenvalue weighted by Gasteiger charge is 2.21. The number of hydrogen-bond donors (Lipinski definition) is 1. The van der Waals surface area contributed by atoms with E-state index in [1.807, 2.05) is 18.7 Å². The fourth-order valence-corrected chi connectivity index (χ4v) is 3.30. The highest BCUT2D eigenvalue weighted by molar-refractivity contribution is 5.48. The van der Waals surface area contributed by atoms with Crippen molar-refractivity contribution < 1.29 is 9.47 Å². The van der Waals surface area contributed by atoms with Crippen molar-refractivity contribution in [3.8, 4) is 11.5 Å². The van der Waals surface area contributed by atoms with Gasteiger partial charge in [-0.1, -0.05) is 0 Å². The zero-order valence-corrected chi connectivity index (χ0v) is 15.3. The molecule has 5 heteroatoms. The molecule has 0 saturated heterocycles. The summed E-state index contributed by atoms with van der Waals surface area (Å²) >= 11 is 0. The molecule has 0 amide bonds. The summed E-state index contributed by atoms with van der Waals surface area (Å²) in [6, 6.07) is 4.26. The molecule has 1 atom stereocenters. The Labute approximate surface area is 144 Å². The Bertz CT molecular complexity index is 737. The largest absolute Gasteiger partial charge is 0.494 e. The van der Waals surface area contributed by atoms with Gasteiger partial charge in [-0.15, -0.1) is 0 Å². The van der Waals surface area contributed by atoms with Crippen LogP contribution in [0.15, 0.2) is 12.1 Å². The zero-order chi connectivity index (χ0) is 17.3. The number of aryl methyl sites for hydroxylation is 2. The van der Waals surface area contributed by atoms with E-state index in [0.717, 1.165) is 42.3 Å². The predicted octanol–water partition coefficient (Wildman–Crippen LogP) is 3.05. The number of nitrogens with one attached hydrogen (secondary N) is 1. The first kappa shape index (κ1) is 16.8. The molecule has 130 valence electrons. The fourth-order valence-electron chi connectivity index (χ4n) is 3.30. The van der Waals surface area contributed by atoms with Crippen LogP contribution >= 0.6 is 0 Å². The van der Waals surface area contributed by atoms with E-state index in [1.165, 1.54) is 16.8 Å². The lowest BCUT2D eigenvalue weighted by atomic mass is 10.1. The lowest BCUT2D eigenvalue weighted by Gasteiger charge is -2.13. The minimum Gasteiger partial charge on any atom is -0.494 e. The van der Waals surface area contributed by atoms with Crippen LogP contribution in [0, 0.1) is 13.8 Å². The quantitative estimate of drug-likeness (QED) is 0.885. The van der Waals surface area contributed by atoms with Gasteiger partial charge < -0.3 is 14.8 Å². The third-order valence-electron chi connectivity index (χ3n) is 4.66. The van der Waals surface area contributed by atoms with Crippen LogP contribution in [-0.4, -0.2) is 22.5 Å². The van der Waals surface area contributed by atoms with Crippen LogP contribution in [0.25, 0.3) is 0 Å². The molecule has 0 bridgehead atoms. The molecule has 1 aliphatic heterocycles. The van der Waals surface area contributed by atoms with Gasteiger partial charge in [-0.05, 0) is 39.8 Å². The van der Waals surface area contributed by atoms with E-state index in [0.29, 0.717) is 6.61 Å². The van der Waals surface area contributed by atoms with Crippen LogP contribution in [0.5, 0.6) is 11.5 Å². The van der Waals surface area contributed by atoms with Crippen molar-refractivity contribution in [2.24, 2.45) is 7.05 Å². The Balaban J connectivity index is 1.73. The standard InChI is InChI=1S/C19H27N3O2/c1-6-23-18-8-15-7-12(2)24-19(15)9-16(18)10-20-11-17-13(3)21-22(5)14(17)4/h8-9,12,20H,6-7,10-11H2,1-5H3/t12-/m1/s1. The first-order valence-electron chi connectivity index (χ1n) is 8.64. The summed E-state index contributed by atoms with van der Waals surface area (Å²) < 4.78 is 13.7. The number of ether oxygens (including phenoxy) is 2. The average molecular weight is 329 g/mol. The molecular weight excluding hydrogens is 302 g/mol. The number of hydrogen-bond acceptors (Lipinski definition) is 4. The number of nitrogens with zero attached hydrogens (tertiary/aromatic N) is 2. The Morgan fingerprint density at radius 2 is 2.12 bits per heavy atom. The third-order valence-corrected chi connectivity index (χ3v) is 4.66. The van der Waals surface area contributed by atoms with Gasteiger partial charge in [0.25, 0.3) is 0 Å². The molecule has 5 nitrogen and oxygen atoms in total. The van der Waals surface area contributed by atoms with E-state index >= 15 is 0 Å². The van der Waals surface area contributed by atoms with Gasteiger partial charge in [0.15, 0.2) is 0 Å². The second kappa shape index (κ2) is 6.85. The van der Waals surface area contributed by atoms with Crippen molar-refractivity contribution in [1.82, 2.24) is 15.1 Å². The van der Waals surface area contributed by atoms with Gasteiger partial charge in [-0.2, -0.15) is 5.10 Å². The molecule has 0 radical (unpaired) electrons. The molecule has 1 N–H and O–H groups in total.